The SMILES string of the molecule is CC(C(=O)Nc1cccc([N+](=O)[O-])c1)(c1ccccc1)c1ccccc1. The minimum absolute atomic E-state index is 0.0658. The van der Waals surface area contributed by atoms with Gasteiger partial charge in [0.05, 0.1) is 10.3 Å². The third-order valence-corrected chi connectivity index (χ3v) is 4.47. The van der Waals surface area contributed by atoms with Crippen LogP contribution in [0.25, 0.3) is 0 Å². The van der Waals surface area contributed by atoms with E-state index < -0.39 is 10.3 Å². The molecule has 130 valence electrons. The molecule has 0 spiro atoms. The Morgan fingerprint density at radius 3 is 1.92 bits per heavy atom. The molecule has 3 aromatic carbocycles. The van der Waals surface area contributed by atoms with E-state index in [0.717, 1.165) is 11.1 Å². The summed E-state index contributed by atoms with van der Waals surface area (Å²) in [7, 11) is 0. The Kier molecular flexibility index (Phi) is 4.80. The van der Waals surface area contributed by atoms with Gasteiger partial charge in [-0.2, -0.15) is 0 Å². The fourth-order valence-corrected chi connectivity index (χ4v) is 2.93. The molecule has 0 heterocycles. The number of hydrogen-bond acceptors (Lipinski definition) is 3. The van der Waals surface area contributed by atoms with Gasteiger partial charge in [0, 0.05) is 17.8 Å². The lowest BCUT2D eigenvalue weighted by Crippen LogP contribution is -2.38. The van der Waals surface area contributed by atoms with Crippen LogP contribution in [0, 0.1) is 10.1 Å². The predicted octanol–water partition coefficient (Wildman–Crippen LogP) is 4.54. The van der Waals surface area contributed by atoms with E-state index in [9.17, 15) is 14.9 Å². The number of nitro groups is 1. The number of benzene rings is 3. The molecule has 0 saturated heterocycles. The highest BCUT2D eigenvalue weighted by molar-refractivity contribution is 6.01. The second-order valence-electron chi connectivity index (χ2n) is 6.12. The molecule has 0 aliphatic rings. The summed E-state index contributed by atoms with van der Waals surface area (Å²) in [6.45, 7) is 1.85. The molecule has 0 bridgehead atoms. The lowest BCUT2D eigenvalue weighted by molar-refractivity contribution is -0.384. The van der Waals surface area contributed by atoms with Gasteiger partial charge in [-0.05, 0) is 24.1 Å². The Hall–Kier alpha value is -3.47. The van der Waals surface area contributed by atoms with Crippen LogP contribution in [0.2, 0.25) is 0 Å². The third-order valence-electron chi connectivity index (χ3n) is 4.47. The van der Waals surface area contributed by atoms with Crippen molar-refractivity contribution in [1.82, 2.24) is 0 Å². The lowest BCUT2D eigenvalue weighted by atomic mass is 9.75. The van der Waals surface area contributed by atoms with Gasteiger partial charge in [-0.1, -0.05) is 66.7 Å². The highest BCUT2D eigenvalue weighted by Gasteiger charge is 2.37. The zero-order chi connectivity index (χ0) is 18.6. The number of nitro benzene ring substituents is 1. The van der Waals surface area contributed by atoms with E-state index in [2.05, 4.69) is 5.32 Å². The van der Waals surface area contributed by atoms with Gasteiger partial charge in [-0.3, -0.25) is 14.9 Å². The fraction of sp³-hybridized carbons (Fsp3) is 0.0952. The number of carbonyl (C=O) groups is 1. The standard InChI is InChI=1S/C21H18N2O3/c1-21(16-9-4-2-5-10-16,17-11-6-3-7-12-17)20(24)22-18-13-8-14-19(15-18)23(25)26/h2-15H,1H3,(H,22,24). The maximum atomic E-state index is 13.2. The predicted molar refractivity (Wildman–Crippen MR) is 101 cm³/mol. The van der Waals surface area contributed by atoms with Crippen molar-refractivity contribution in [2.24, 2.45) is 0 Å². The Bertz CT molecular complexity index is 885. The molecule has 5 heteroatoms. The van der Waals surface area contributed by atoms with E-state index in [0.29, 0.717) is 5.69 Å². The largest absolute Gasteiger partial charge is 0.325 e. The molecule has 1 N–H and O–H groups in total. The minimum atomic E-state index is -0.937. The zero-order valence-corrected chi connectivity index (χ0v) is 14.3. The van der Waals surface area contributed by atoms with E-state index in [4.69, 9.17) is 0 Å². The van der Waals surface area contributed by atoms with Crippen LogP contribution in [0.3, 0.4) is 0 Å². The van der Waals surface area contributed by atoms with Crippen LogP contribution in [0.1, 0.15) is 18.1 Å². The number of rotatable bonds is 5. The fourth-order valence-electron chi connectivity index (χ4n) is 2.93. The maximum absolute atomic E-state index is 13.2. The van der Waals surface area contributed by atoms with Crippen molar-refractivity contribution < 1.29 is 9.72 Å². The van der Waals surface area contributed by atoms with Crippen molar-refractivity contribution in [1.29, 1.82) is 0 Å². The van der Waals surface area contributed by atoms with Crippen molar-refractivity contribution in [3.05, 3.63) is 106 Å². The van der Waals surface area contributed by atoms with Crippen molar-refractivity contribution in [2.75, 3.05) is 5.32 Å². The van der Waals surface area contributed by atoms with Crippen LogP contribution < -0.4 is 5.32 Å². The summed E-state index contributed by atoms with van der Waals surface area (Å²) in [5.74, 6) is -0.254. The van der Waals surface area contributed by atoms with Gasteiger partial charge in [0.25, 0.3) is 5.69 Å². The van der Waals surface area contributed by atoms with Gasteiger partial charge in [-0.15, -0.1) is 0 Å². The summed E-state index contributed by atoms with van der Waals surface area (Å²) >= 11 is 0. The van der Waals surface area contributed by atoms with Crippen molar-refractivity contribution >= 4 is 17.3 Å². The van der Waals surface area contributed by atoms with Gasteiger partial charge < -0.3 is 5.32 Å². The molecule has 1 amide bonds. The summed E-state index contributed by atoms with van der Waals surface area (Å²) in [4.78, 5) is 23.7. The first kappa shape index (κ1) is 17.4. The van der Waals surface area contributed by atoms with E-state index in [1.54, 1.807) is 12.1 Å². The summed E-state index contributed by atoms with van der Waals surface area (Å²) in [6, 6.07) is 24.9. The average Bonchev–Trinajstić information content (AvgIpc) is 2.68. The van der Waals surface area contributed by atoms with E-state index >= 15 is 0 Å². The maximum Gasteiger partial charge on any atom is 0.271 e. The van der Waals surface area contributed by atoms with Gasteiger partial charge in [0.2, 0.25) is 5.91 Å². The Morgan fingerprint density at radius 1 is 0.885 bits per heavy atom. The van der Waals surface area contributed by atoms with Gasteiger partial charge in [-0.25, -0.2) is 0 Å². The molecule has 0 unspecified atom stereocenters. The minimum Gasteiger partial charge on any atom is -0.325 e. The van der Waals surface area contributed by atoms with Crippen LogP contribution in [-0.4, -0.2) is 10.8 Å². The number of carbonyl (C=O) groups excluding carboxylic acids is 1. The molecule has 3 rings (SSSR count). The summed E-state index contributed by atoms with van der Waals surface area (Å²) in [5, 5.41) is 13.8. The molecule has 0 aliphatic carbocycles. The molecular formula is C21H18N2O3. The molecule has 0 aromatic heterocycles. The van der Waals surface area contributed by atoms with Crippen molar-refractivity contribution in [3.63, 3.8) is 0 Å². The number of non-ortho nitro benzene ring substituents is 1. The highest BCUT2D eigenvalue weighted by atomic mass is 16.6. The van der Waals surface area contributed by atoms with Crippen LogP contribution >= 0.6 is 0 Å². The number of amides is 1. The van der Waals surface area contributed by atoms with Crippen LogP contribution in [0.5, 0.6) is 0 Å². The Balaban J connectivity index is 2.01. The number of hydrogen-bond donors (Lipinski definition) is 1. The first-order valence-electron chi connectivity index (χ1n) is 8.19. The zero-order valence-electron chi connectivity index (χ0n) is 14.3. The van der Waals surface area contributed by atoms with Crippen molar-refractivity contribution in [3.8, 4) is 0 Å². The average molecular weight is 346 g/mol. The first-order valence-corrected chi connectivity index (χ1v) is 8.19. The molecule has 26 heavy (non-hydrogen) atoms. The van der Waals surface area contributed by atoms with E-state index in [1.807, 2.05) is 67.6 Å². The van der Waals surface area contributed by atoms with Gasteiger partial charge in [0.1, 0.15) is 0 Å². The number of nitrogens with one attached hydrogen (secondary N) is 1. The molecular weight excluding hydrogens is 328 g/mol. The molecule has 0 aliphatic heterocycles. The summed E-state index contributed by atoms with van der Waals surface area (Å²) in [5.41, 5.74) is 1.07. The Labute approximate surface area is 151 Å². The van der Waals surface area contributed by atoms with E-state index in [-0.39, 0.29) is 11.6 Å². The topological polar surface area (TPSA) is 72.2 Å². The molecule has 3 aromatic rings. The van der Waals surface area contributed by atoms with E-state index in [1.165, 1.54) is 12.1 Å². The quantitative estimate of drug-likeness (QED) is 0.544. The van der Waals surface area contributed by atoms with Crippen LogP contribution in [-0.2, 0) is 10.2 Å². The monoisotopic (exact) mass is 346 g/mol. The van der Waals surface area contributed by atoms with Crippen LogP contribution in [0.15, 0.2) is 84.9 Å². The first-order chi connectivity index (χ1) is 12.5. The molecule has 5 nitrogen and oxygen atoms in total. The number of nitrogens with zero attached hydrogens (tertiary/aromatic N) is 1. The van der Waals surface area contributed by atoms with Crippen LogP contribution in [0.4, 0.5) is 11.4 Å². The highest BCUT2D eigenvalue weighted by Crippen LogP contribution is 2.33. The molecule has 0 radical (unpaired) electrons. The second kappa shape index (κ2) is 7.19. The van der Waals surface area contributed by atoms with Crippen molar-refractivity contribution in [2.45, 2.75) is 12.3 Å². The smallest absolute Gasteiger partial charge is 0.271 e. The summed E-state index contributed by atoms with van der Waals surface area (Å²) < 4.78 is 0. The molecule has 0 atom stereocenters. The number of anilines is 1. The van der Waals surface area contributed by atoms with Gasteiger partial charge in [0.15, 0.2) is 0 Å². The second-order valence-corrected chi connectivity index (χ2v) is 6.12. The van der Waals surface area contributed by atoms with Gasteiger partial charge >= 0.3 is 0 Å². The third kappa shape index (κ3) is 3.32. The molecule has 0 saturated carbocycles. The summed E-state index contributed by atoms with van der Waals surface area (Å²) in [6.07, 6.45) is 0. The molecule has 0 fully saturated rings. The Morgan fingerprint density at radius 2 is 1.42 bits per heavy atom. The normalized spacial score (nSPS) is 11.0. The lowest BCUT2D eigenvalue weighted by Gasteiger charge is -2.29.